The van der Waals surface area contributed by atoms with Crippen LogP contribution in [0.15, 0.2) is 54.6 Å². The molecule has 160 valence electrons. The van der Waals surface area contributed by atoms with Gasteiger partial charge in [-0.15, -0.1) is 10.2 Å². The van der Waals surface area contributed by atoms with E-state index < -0.39 is 0 Å². The summed E-state index contributed by atoms with van der Waals surface area (Å²) >= 11 is 12.2. The number of nitrogens with zero attached hydrogens (tertiary/aromatic N) is 3. The summed E-state index contributed by atoms with van der Waals surface area (Å²) in [7, 11) is 1.64. The minimum Gasteiger partial charge on any atom is -0.497 e. The van der Waals surface area contributed by atoms with Gasteiger partial charge in [0.05, 0.1) is 29.4 Å². The van der Waals surface area contributed by atoms with E-state index in [1.807, 2.05) is 36.4 Å². The Hall–Kier alpha value is -2.83. The molecule has 0 bridgehead atoms. The fourth-order valence-corrected chi connectivity index (χ4v) is 3.97. The van der Waals surface area contributed by atoms with Crippen molar-refractivity contribution in [3.63, 3.8) is 0 Å². The maximum Gasteiger partial charge on any atom is 0.229 e. The molecule has 2 heterocycles. The molecule has 8 heteroatoms. The largest absolute Gasteiger partial charge is 0.497 e. The van der Waals surface area contributed by atoms with E-state index in [2.05, 4.69) is 20.4 Å². The number of benzene rings is 2. The van der Waals surface area contributed by atoms with Gasteiger partial charge in [0, 0.05) is 23.7 Å². The molecule has 1 fully saturated rings. The van der Waals surface area contributed by atoms with Gasteiger partial charge in [-0.3, -0.25) is 4.79 Å². The highest BCUT2D eigenvalue weighted by Gasteiger charge is 2.27. The Labute approximate surface area is 191 Å². The Morgan fingerprint density at radius 2 is 1.90 bits per heavy atom. The summed E-state index contributed by atoms with van der Waals surface area (Å²) in [5.74, 6) is 1.31. The highest BCUT2D eigenvalue weighted by Crippen LogP contribution is 2.28. The van der Waals surface area contributed by atoms with Crippen LogP contribution in [0.2, 0.25) is 10.0 Å². The van der Waals surface area contributed by atoms with E-state index in [0.29, 0.717) is 22.3 Å². The number of aromatic nitrogens is 2. The summed E-state index contributed by atoms with van der Waals surface area (Å²) < 4.78 is 5.19. The molecule has 1 amide bonds. The molecule has 2 aromatic carbocycles. The zero-order chi connectivity index (χ0) is 21.8. The lowest BCUT2D eigenvalue weighted by Gasteiger charge is -2.32. The average Bonchev–Trinajstić information content (AvgIpc) is 2.81. The molecule has 1 aliphatic heterocycles. The predicted molar refractivity (Wildman–Crippen MR) is 124 cm³/mol. The predicted octanol–water partition coefficient (Wildman–Crippen LogP) is 5.31. The van der Waals surface area contributed by atoms with Crippen LogP contribution in [0.4, 0.5) is 11.5 Å². The van der Waals surface area contributed by atoms with E-state index in [9.17, 15) is 4.79 Å². The lowest BCUT2D eigenvalue weighted by Crippen LogP contribution is -2.41. The molecule has 1 unspecified atom stereocenters. The quantitative estimate of drug-likeness (QED) is 0.562. The summed E-state index contributed by atoms with van der Waals surface area (Å²) in [4.78, 5) is 14.9. The molecule has 0 aliphatic carbocycles. The number of piperidine rings is 1. The van der Waals surface area contributed by atoms with E-state index in [1.165, 1.54) is 0 Å². The van der Waals surface area contributed by atoms with Gasteiger partial charge >= 0.3 is 0 Å². The number of hydrogen-bond acceptors (Lipinski definition) is 5. The molecule has 1 atom stereocenters. The third-order valence-corrected chi connectivity index (χ3v) is 5.90. The number of carbonyl (C=O) groups is 1. The maximum atomic E-state index is 12.8. The molecule has 3 aromatic rings. The summed E-state index contributed by atoms with van der Waals surface area (Å²) in [5, 5.41) is 12.7. The van der Waals surface area contributed by atoms with Crippen LogP contribution in [0.1, 0.15) is 12.8 Å². The molecule has 0 spiro atoms. The molecule has 1 saturated heterocycles. The topological polar surface area (TPSA) is 67.3 Å². The van der Waals surface area contributed by atoms with E-state index in [0.717, 1.165) is 42.2 Å². The zero-order valence-electron chi connectivity index (χ0n) is 17.0. The van der Waals surface area contributed by atoms with Crippen LogP contribution in [-0.4, -0.2) is 36.3 Å². The first-order chi connectivity index (χ1) is 15.0. The van der Waals surface area contributed by atoms with Crippen molar-refractivity contribution in [1.82, 2.24) is 10.2 Å². The van der Waals surface area contributed by atoms with Crippen molar-refractivity contribution in [3.8, 4) is 17.0 Å². The minimum atomic E-state index is -0.174. The minimum absolute atomic E-state index is 0.0725. The van der Waals surface area contributed by atoms with Gasteiger partial charge in [-0.1, -0.05) is 23.2 Å². The monoisotopic (exact) mass is 456 g/mol. The van der Waals surface area contributed by atoms with Gasteiger partial charge in [-0.25, -0.2) is 0 Å². The Kier molecular flexibility index (Phi) is 6.59. The molecule has 31 heavy (non-hydrogen) atoms. The lowest BCUT2D eigenvalue weighted by atomic mass is 9.97. The van der Waals surface area contributed by atoms with Crippen LogP contribution < -0.4 is 15.0 Å². The van der Waals surface area contributed by atoms with Crippen LogP contribution in [-0.2, 0) is 4.79 Å². The Bertz CT molecular complexity index is 1060. The van der Waals surface area contributed by atoms with Gasteiger partial charge in [0.15, 0.2) is 5.82 Å². The standard InChI is InChI=1S/C23H22Cl2N4O2/c1-31-18-7-4-15(5-8-18)20-10-11-22(28-27-20)29-12-2-3-16(14-29)23(30)26-21-13-17(24)6-9-19(21)25/h4-11,13,16H,2-3,12,14H2,1H3,(H,26,30). The number of anilines is 2. The van der Waals surface area contributed by atoms with Crippen LogP contribution in [0, 0.1) is 5.92 Å². The van der Waals surface area contributed by atoms with Crippen molar-refractivity contribution < 1.29 is 9.53 Å². The highest BCUT2D eigenvalue weighted by molar-refractivity contribution is 6.35. The molecule has 4 rings (SSSR count). The van der Waals surface area contributed by atoms with E-state index in [-0.39, 0.29) is 11.8 Å². The fourth-order valence-electron chi connectivity index (χ4n) is 3.64. The van der Waals surface area contributed by atoms with Gasteiger partial charge in [-0.05, 0) is 67.4 Å². The van der Waals surface area contributed by atoms with Gasteiger partial charge in [0.25, 0.3) is 0 Å². The molecule has 1 N–H and O–H groups in total. The smallest absolute Gasteiger partial charge is 0.229 e. The Balaban J connectivity index is 1.43. The first kappa shape index (κ1) is 21.4. The summed E-state index contributed by atoms with van der Waals surface area (Å²) in [5.41, 5.74) is 2.28. The molecule has 1 aromatic heterocycles. The molecule has 1 aliphatic rings. The Morgan fingerprint density at radius 1 is 1.10 bits per heavy atom. The molecule has 6 nitrogen and oxygen atoms in total. The first-order valence-electron chi connectivity index (χ1n) is 10.0. The van der Waals surface area contributed by atoms with Gasteiger partial charge in [0.1, 0.15) is 5.75 Å². The second-order valence-electron chi connectivity index (χ2n) is 7.40. The first-order valence-corrected chi connectivity index (χ1v) is 10.8. The highest BCUT2D eigenvalue weighted by atomic mass is 35.5. The number of hydrogen-bond donors (Lipinski definition) is 1. The van der Waals surface area contributed by atoms with Crippen molar-refractivity contribution in [3.05, 3.63) is 64.6 Å². The molecule has 0 radical (unpaired) electrons. The maximum absolute atomic E-state index is 12.8. The second kappa shape index (κ2) is 9.54. The third-order valence-electron chi connectivity index (χ3n) is 5.34. The number of halogens is 2. The van der Waals surface area contributed by atoms with E-state index in [1.54, 1.807) is 25.3 Å². The normalized spacial score (nSPS) is 16.1. The molecule has 0 saturated carbocycles. The summed E-state index contributed by atoms with van der Waals surface area (Å²) in [6, 6.07) is 16.6. The SMILES string of the molecule is COc1ccc(-c2ccc(N3CCCC(C(=O)Nc4cc(Cl)ccc4Cl)C3)nn2)cc1. The number of ether oxygens (including phenoxy) is 1. The van der Waals surface area contributed by atoms with Crippen LogP contribution >= 0.6 is 23.2 Å². The molecular weight excluding hydrogens is 435 g/mol. The van der Waals surface area contributed by atoms with Gasteiger partial charge < -0.3 is 15.0 Å². The fraction of sp³-hybridized carbons (Fsp3) is 0.261. The van der Waals surface area contributed by atoms with Crippen molar-refractivity contribution in [1.29, 1.82) is 0 Å². The van der Waals surface area contributed by atoms with Gasteiger partial charge in [-0.2, -0.15) is 0 Å². The summed E-state index contributed by atoms with van der Waals surface area (Å²) in [6.45, 7) is 1.40. The van der Waals surface area contributed by atoms with Gasteiger partial charge in [0.2, 0.25) is 5.91 Å². The number of nitrogens with one attached hydrogen (secondary N) is 1. The third kappa shape index (κ3) is 5.09. The average molecular weight is 457 g/mol. The molecular formula is C23H22Cl2N4O2. The Morgan fingerprint density at radius 3 is 2.61 bits per heavy atom. The lowest BCUT2D eigenvalue weighted by molar-refractivity contribution is -0.120. The number of rotatable bonds is 5. The van der Waals surface area contributed by atoms with E-state index >= 15 is 0 Å². The van der Waals surface area contributed by atoms with Crippen molar-refractivity contribution in [2.45, 2.75) is 12.8 Å². The number of methoxy groups -OCH3 is 1. The van der Waals surface area contributed by atoms with Crippen LogP contribution in [0.3, 0.4) is 0 Å². The van der Waals surface area contributed by atoms with Crippen LogP contribution in [0.25, 0.3) is 11.3 Å². The van der Waals surface area contributed by atoms with Crippen LogP contribution in [0.5, 0.6) is 5.75 Å². The zero-order valence-corrected chi connectivity index (χ0v) is 18.5. The second-order valence-corrected chi connectivity index (χ2v) is 8.25. The van der Waals surface area contributed by atoms with Crippen molar-refractivity contribution in [2.24, 2.45) is 5.92 Å². The number of amides is 1. The summed E-state index contributed by atoms with van der Waals surface area (Å²) in [6.07, 6.45) is 1.70. The van der Waals surface area contributed by atoms with E-state index in [4.69, 9.17) is 27.9 Å². The number of carbonyl (C=O) groups excluding carboxylic acids is 1. The van der Waals surface area contributed by atoms with Crippen molar-refractivity contribution in [2.75, 3.05) is 30.4 Å². The van der Waals surface area contributed by atoms with Crippen molar-refractivity contribution >= 4 is 40.6 Å².